The molecule has 0 saturated carbocycles. The van der Waals surface area contributed by atoms with Crippen molar-refractivity contribution in [2.24, 2.45) is 0 Å². The van der Waals surface area contributed by atoms with Crippen molar-refractivity contribution in [1.29, 1.82) is 0 Å². The van der Waals surface area contributed by atoms with E-state index in [1.807, 2.05) is 0 Å². The predicted octanol–water partition coefficient (Wildman–Crippen LogP) is 5.75. The molecule has 0 radical (unpaired) electrons. The van der Waals surface area contributed by atoms with Gasteiger partial charge in [-0.15, -0.1) is 0 Å². The highest BCUT2D eigenvalue weighted by Gasteiger charge is 2.32. The first-order valence-electron chi connectivity index (χ1n) is 9.57. The number of fused-ring (bicyclic) bond motifs is 1. The first-order chi connectivity index (χ1) is 13.0. The first kappa shape index (κ1) is 20.5. The average molecular weight is 393 g/mol. The van der Waals surface area contributed by atoms with Crippen molar-refractivity contribution < 1.29 is 23.1 Å². The summed E-state index contributed by atoms with van der Waals surface area (Å²) in [5, 5.41) is 9.33. The molecule has 0 fully saturated rings. The third-order valence-electron chi connectivity index (χ3n) is 5.46. The first-order valence-corrected chi connectivity index (χ1v) is 9.57. The van der Waals surface area contributed by atoms with E-state index in [1.165, 1.54) is 23.3 Å². The fraction of sp³-hybridized carbons (Fsp3) is 0.500. The van der Waals surface area contributed by atoms with Gasteiger partial charge >= 0.3 is 12.1 Å². The lowest BCUT2D eigenvalue weighted by atomic mass is 9.79. The van der Waals surface area contributed by atoms with Crippen LogP contribution in [0.1, 0.15) is 73.9 Å². The van der Waals surface area contributed by atoms with E-state index in [-0.39, 0.29) is 17.8 Å². The summed E-state index contributed by atoms with van der Waals surface area (Å²) in [5.74, 6) is -0.885. The standard InChI is InChI=1S/C22H26F3NO2/c1-21(2,3)18-13-26(12-14-7-9-16(10-8-14)22(23,24)25)20-15(11-19(27)28)5-4-6-17(18)20/h7-10,13,15H,4-6,11-12H2,1-3H3,(H,27,28). The SMILES string of the molecule is CC(C)(C)c1cn(Cc2ccc(C(F)(F)F)cc2)c2c1CCCC2CC(=O)O. The van der Waals surface area contributed by atoms with Crippen LogP contribution in [0.25, 0.3) is 0 Å². The van der Waals surface area contributed by atoms with Gasteiger partial charge in [-0.2, -0.15) is 13.2 Å². The van der Waals surface area contributed by atoms with E-state index in [9.17, 15) is 23.1 Å². The molecule has 3 nitrogen and oxygen atoms in total. The number of halogens is 3. The maximum Gasteiger partial charge on any atom is 0.416 e. The lowest BCUT2D eigenvalue weighted by Crippen LogP contribution is -2.19. The molecular formula is C22H26F3NO2. The number of carboxylic acid groups (broad SMARTS) is 1. The lowest BCUT2D eigenvalue weighted by Gasteiger charge is -2.27. The second-order valence-electron chi connectivity index (χ2n) is 8.67. The molecule has 0 saturated heterocycles. The van der Waals surface area contributed by atoms with Crippen LogP contribution in [0.4, 0.5) is 13.2 Å². The van der Waals surface area contributed by atoms with Crippen LogP contribution in [-0.2, 0) is 29.4 Å². The zero-order chi connectivity index (χ0) is 20.7. The van der Waals surface area contributed by atoms with Crippen molar-refractivity contribution in [3.05, 3.63) is 58.4 Å². The van der Waals surface area contributed by atoms with Gasteiger partial charge in [-0.05, 0) is 53.5 Å². The molecule has 1 aromatic heterocycles. The molecule has 6 heteroatoms. The maximum absolute atomic E-state index is 12.8. The average Bonchev–Trinajstić information content (AvgIpc) is 2.94. The minimum absolute atomic E-state index is 0.0631. The Morgan fingerprint density at radius 1 is 1.18 bits per heavy atom. The Kier molecular flexibility index (Phi) is 5.34. The van der Waals surface area contributed by atoms with Crippen LogP contribution in [0.15, 0.2) is 30.5 Å². The predicted molar refractivity (Wildman–Crippen MR) is 102 cm³/mol. The van der Waals surface area contributed by atoms with Crippen molar-refractivity contribution in [2.75, 3.05) is 0 Å². The van der Waals surface area contributed by atoms with Gasteiger partial charge in [0.25, 0.3) is 0 Å². The highest BCUT2D eigenvalue weighted by Crippen LogP contribution is 2.41. The maximum atomic E-state index is 12.8. The number of hydrogen-bond acceptors (Lipinski definition) is 1. The third-order valence-corrected chi connectivity index (χ3v) is 5.46. The normalized spacial score (nSPS) is 17.4. The number of alkyl halides is 3. The van der Waals surface area contributed by atoms with Gasteiger partial charge in [-0.1, -0.05) is 32.9 Å². The van der Waals surface area contributed by atoms with Crippen LogP contribution >= 0.6 is 0 Å². The zero-order valence-corrected chi connectivity index (χ0v) is 16.4. The van der Waals surface area contributed by atoms with Gasteiger partial charge in [0.05, 0.1) is 12.0 Å². The molecule has 1 N–H and O–H groups in total. The molecule has 1 aliphatic rings. The molecule has 1 heterocycles. The Morgan fingerprint density at radius 2 is 1.82 bits per heavy atom. The number of rotatable bonds is 4. The molecule has 0 spiro atoms. The quantitative estimate of drug-likeness (QED) is 0.719. The van der Waals surface area contributed by atoms with E-state index in [1.54, 1.807) is 0 Å². The number of carbonyl (C=O) groups is 1. The molecule has 1 aliphatic carbocycles. The summed E-state index contributed by atoms with van der Waals surface area (Å²) in [7, 11) is 0. The van der Waals surface area contributed by atoms with Gasteiger partial charge in [0.2, 0.25) is 0 Å². The van der Waals surface area contributed by atoms with Gasteiger partial charge < -0.3 is 9.67 Å². The van der Waals surface area contributed by atoms with Crippen molar-refractivity contribution in [2.45, 2.75) is 70.5 Å². The van der Waals surface area contributed by atoms with E-state index < -0.39 is 17.7 Å². The molecule has 1 unspecified atom stereocenters. The molecule has 1 atom stereocenters. The second kappa shape index (κ2) is 7.30. The van der Waals surface area contributed by atoms with Gasteiger partial charge in [0.1, 0.15) is 0 Å². The van der Waals surface area contributed by atoms with Crippen molar-refractivity contribution >= 4 is 5.97 Å². The molecule has 28 heavy (non-hydrogen) atoms. The van der Waals surface area contributed by atoms with Crippen molar-refractivity contribution in [1.82, 2.24) is 4.57 Å². The Hall–Kier alpha value is -2.24. The van der Waals surface area contributed by atoms with Crippen LogP contribution in [0, 0.1) is 0 Å². The lowest BCUT2D eigenvalue weighted by molar-refractivity contribution is -0.138. The summed E-state index contributed by atoms with van der Waals surface area (Å²) in [6, 6.07) is 5.21. The summed E-state index contributed by atoms with van der Waals surface area (Å²) in [4.78, 5) is 11.4. The molecule has 1 aromatic carbocycles. The Labute approximate surface area is 163 Å². The number of carboxylic acids is 1. The Morgan fingerprint density at radius 3 is 2.36 bits per heavy atom. The third kappa shape index (κ3) is 4.26. The number of aliphatic carboxylic acids is 1. The van der Waals surface area contributed by atoms with E-state index in [0.717, 1.165) is 42.7 Å². The molecule has 152 valence electrons. The number of benzene rings is 1. The fourth-order valence-electron chi connectivity index (χ4n) is 4.20. The van der Waals surface area contributed by atoms with Gasteiger partial charge in [-0.3, -0.25) is 4.79 Å². The van der Waals surface area contributed by atoms with Gasteiger partial charge in [0.15, 0.2) is 0 Å². The summed E-state index contributed by atoms with van der Waals surface area (Å²) >= 11 is 0. The van der Waals surface area contributed by atoms with Crippen LogP contribution in [0.3, 0.4) is 0 Å². The minimum atomic E-state index is -4.35. The van der Waals surface area contributed by atoms with Crippen molar-refractivity contribution in [3.8, 4) is 0 Å². The van der Waals surface area contributed by atoms with Gasteiger partial charge in [-0.25, -0.2) is 0 Å². The minimum Gasteiger partial charge on any atom is -0.481 e. The number of nitrogens with zero attached hydrogens (tertiary/aromatic N) is 1. The fourth-order valence-corrected chi connectivity index (χ4v) is 4.20. The Balaban J connectivity index is 2.00. The molecule has 0 aliphatic heterocycles. The highest BCUT2D eigenvalue weighted by atomic mass is 19.4. The zero-order valence-electron chi connectivity index (χ0n) is 16.4. The molecule has 0 amide bonds. The second-order valence-corrected chi connectivity index (χ2v) is 8.67. The van der Waals surface area contributed by atoms with E-state index in [0.29, 0.717) is 6.54 Å². The molecular weight excluding hydrogens is 367 g/mol. The van der Waals surface area contributed by atoms with Gasteiger partial charge in [0, 0.05) is 24.4 Å². The summed E-state index contributed by atoms with van der Waals surface area (Å²) in [6.07, 6.45) is 0.490. The monoisotopic (exact) mass is 393 g/mol. The van der Waals surface area contributed by atoms with Crippen LogP contribution < -0.4 is 0 Å². The summed E-state index contributed by atoms with van der Waals surface area (Å²) in [5.41, 5.74) is 3.48. The topological polar surface area (TPSA) is 42.2 Å². The Bertz CT molecular complexity index is 858. The molecule has 2 aromatic rings. The summed E-state index contributed by atoms with van der Waals surface area (Å²) < 4.78 is 40.5. The summed E-state index contributed by atoms with van der Waals surface area (Å²) in [6.45, 7) is 6.83. The smallest absolute Gasteiger partial charge is 0.416 e. The molecule has 3 rings (SSSR count). The van der Waals surface area contributed by atoms with Crippen molar-refractivity contribution in [3.63, 3.8) is 0 Å². The number of aromatic nitrogens is 1. The van der Waals surface area contributed by atoms with E-state index in [4.69, 9.17) is 0 Å². The van der Waals surface area contributed by atoms with Crippen LogP contribution in [0.5, 0.6) is 0 Å². The van der Waals surface area contributed by atoms with Crippen LogP contribution in [0.2, 0.25) is 0 Å². The van der Waals surface area contributed by atoms with E-state index in [2.05, 4.69) is 31.5 Å². The number of hydrogen-bond donors (Lipinski definition) is 1. The molecule has 0 bridgehead atoms. The van der Waals surface area contributed by atoms with E-state index >= 15 is 0 Å². The largest absolute Gasteiger partial charge is 0.481 e. The van der Waals surface area contributed by atoms with Crippen LogP contribution in [-0.4, -0.2) is 15.6 Å². The highest BCUT2D eigenvalue weighted by molar-refractivity contribution is 5.68.